The third-order valence-corrected chi connectivity index (χ3v) is 1.32. The van der Waals surface area contributed by atoms with Crippen molar-refractivity contribution in [3.63, 3.8) is 0 Å². The summed E-state index contributed by atoms with van der Waals surface area (Å²) < 4.78 is 77.1. The number of rotatable bonds is 2. The van der Waals surface area contributed by atoms with Gasteiger partial charge < -0.3 is 9.47 Å². The molecule has 1 aromatic rings. The summed E-state index contributed by atoms with van der Waals surface area (Å²) in [6.45, 7) is 0. The van der Waals surface area contributed by atoms with E-state index in [0.717, 1.165) is 0 Å². The van der Waals surface area contributed by atoms with Crippen molar-refractivity contribution in [2.24, 2.45) is 0 Å². The summed E-state index contributed by atoms with van der Waals surface area (Å²) in [5.41, 5.74) is 0. The minimum absolute atomic E-state index is 0.308. The van der Waals surface area contributed by atoms with E-state index >= 15 is 0 Å². The van der Waals surface area contributed by atoms with Gasteiger partial charge in [0.05, 0.1) is 0 Å². The van der Waals surface area contributed by atoms with Crippen LogP contribution in [0.3, 0.4) is 0 Å². The van der Waals surface area contributed by atoms with Gasteiger partial charge in [0.2, 0.25) is 0 Å². The smallest absolute Gasteiger partial charge is 0.406 e. The fraction of sp³-hybridized carbons (Fsp3) is 0.250. The Morgan fingerprint density at radius 1 is 0.765 bits per heavy atom. The zero-order valence-corrected chi connectivity index (χ0v) is 7.72. The Morgan fingerprint density at radius 3 is 1.41 bits per heavy atom. The highest BCUT2D eigenvalue weighted by molar-refractivity contribution is 5.41. The van der Waals surface area contributed by atoms with Crippen LogP contribution in [0.5, 0.6) is 17.2 Å². The molecule has 0 bridgehead atoms. The van der Waals surface area contributed by atoms with Gasteiger partial charge in [-0.05, 0) is 0 Å². The summed E-state index contributed by atoms with van der Waals surface area (Å²) in [7, 11) is 0. The molecule has 95 valence electrons. The van der Waals surface area contributed by atoms with Gasteiger partial charge in [0.25, 0.3) is 0 Å². The van der Waals surface area contributed by atoms with Crippen molar-refractivity contribution in [2.45, 2.75) is 12.7 Å². The Morgan fingerprint density at radius 2 is 1.12 bits per heavy atom. The van der Waals surface area contributed by atoms with E-state index in [1.165, 1.54) is 0 Å². The maximum Gasteiger partial charge on any atom is 0.573 e. The monoisotopic (exact) mass is 261 g/mol. The molecule has 0 aromatic heterocycles. The fourth-order valence-corrected chi connectivity index (χ4v) is 0.931. The molecule has 0 unspecified atom stereocenters. The zero-order valence-electron chi connectivity index (χ0n) is 7.72. The lowest BCUT2D eigenvalue weighted by Crippen LogP contribution is -2.18. The van der Waals surface area contributed by atoms with Gasteiger partial charge in [-0.15, -0.1) is 26.3 Å². The molecule has 0 amide bonds. The van der Waals surface area contributed by atoms with E-state index in [2.05, 4.69) is 9.47 Å². The largest absolute Gasteiger partial charge is 0.573 e. The average molecular weight is 261 g/mol. The van der Waals surface area contributed by atoms with E-state index in [4.69, 9.17) is 0 Å². The second-order valence-corrected chi connectivity index (χ2v) is 2.74. The first kappa shape index (κ1) is 13.3. The molecule has 0 aliphatic rings. The number of ether oxygens (including phenoxy) is 2. The van der Waals surface area contributed by atoms with Gasteiger partial charge in [-0.1, -0.05) is 0 Å². The lowest BCUT2D eigenvalue weighted by Gasteiger charge is -2.12. The van der Waals surface area contributed by atoms with Gasteiger partial charge in [0.15, 0.2) is 5.75 Å². The van der Waals surface area contributed by atoms with Crippen molar-refractivity contribution >= 4 is 0 Å². The lowest BCUT2D eigenvalue weighted by molar-refractivity contribution is -0.276. The standard InChI is InChI=1S/C8H3F6O3/c9-7(10,11)16-5-1-4(15)2-6(3-5)17-8(12,13)14/h1-3H. The number of halogens is 6. The van der Waals surface area contributed by atoms with E-state index in [1.54, 1.807) is 0 Å². The minimum Gasteiger partial charge on any atom is -0.406 e. The molecule has 0 saturated heterocycles. The van der Waals surface area contributed by atoms with Gasteiger partial charge in [0.1, 0.15) is 11.5 Å². The molecule has 1 aromatic carbocycles. The van der Waals surface area contributed by atoms with E-state index < -0.39 is 30.0 Å². The molecular formula is C8H3F6O3. The molecule has 0 heterocycles. The summed E-state index contributed by atoms with van der Waals surface area (Å²) >= 11 is 0. The Labute approximate surface area is 90.2 Å². The summed E-state index contributed by atoms with van der Waals surface area (Å²) in [5, 5.41) is 10.8. The Hall–Kier alpha value is -1.80. The second kappa shape index (κ2) is 4.22. The minimum atomic E-state index is -5.11. The average Bonchev–Trinajstić information content (AvgIpc) is 1.93. The summed E-state index contributed by atoms with van der Waals surface area (Å²) in [6.07, 6.45) is -10.2. The van der Waals surface area contributed by atoms with Crippen LogP contribution in [0.1, 0.15) is 0 Å². The maximum absolute atomic E-state index is 11.8. The molecule has 1 rings (SSSR count). The first-order chi connectivity index (χ1) is 7.55. The van der Waals surface area contributed by atoms with Crippen molar-refractivity contribution in [3.8, 4) is 17.2 Å². The van der Waals surface area contributed by atoms with Crippen LogP contribution in [0.2, 0.25) is 0 Å². The SMILES string of the molecule is [O]c1cc(OC(F)(F)F)cc(OC(F)(F)F)c1. The topological polar surface area (TPSA) is 38.4 Å². The molecular weight excluding hydrogens is 258 g/mol. The molecule has 0 saturated carbocycles. The van der Waals surface area contributed by atoms with Crippen molar-refractivity contribution < 1.29 is 40.9 Å². The Balaban J connectivity index is 2.95. The van der Waals surface area contributed by atoms with Crippen LogP contribution in [0.15, 0.2) is 18.2 Å². The molecule has 1 radical (unpaired) electrons. The molecule has 0 aliphatic heterocycles. The second-order valence-electron chi connectivity index (χ2n) is 2.74. The molecule has 9 heteroatoms. The van der Waals surface area contributed by atoms with E-state index in [9.17, 15) is 31.4 Å². The number of hydrogen-bond acceptors (Lipinski definition) is 2. The van der Waals surface area contributed by atoms with E-state index in [1.807, 2.05) is 0 Å². The third-order valence-electron chi connectivity index (χ3n) is 1.32. The van der Waals surface area contributed by atoms with Crippen molar-refractivity contribution in [2.75, 3.05) is 0 Å². The van der Waals surface area contributed by atoms with Crippen LogP contribution in [0, 0.1) is 0 Å². The first-order valence-corrected chi connectivity index (χ1v) is 3.89. The van der Waals surface area contributed by atoms with E-state index in [-0.39, 0.29) is 0 Å². The van der Waals surface area contributed by atoms with Gasteiger partial charge in [-0.3, -0.25) is 5.11 Å². The van der Waals surface area contributed by atoms with Gasteiger partial charge in [0, 0.05) is 18.2 Å². The number of hydrogen-bond donors (Lipinski definition) is 0. The van der Waals surface area contributed by atoms with Crippen LogP contribution >= 0.6 is 0 Å². The highest BCUT2D eigenvalue weighted by atomic mass is 19.4. The lowest BCUT2D eigenvalue weighted by atomic mass is 10.3. The first-order valence-electron chi connectivity index (χ1n) is 3.89. The Kier molecular flexibility index (Phi) is 3.30. The highest BCUT2D eigenvalue weighted by Gasteiger charge is 2.34. The molecule has 17 heavy (non-hydrogen) atoms. The fourth-order valence-electron chi connectivity index (χ4n) is 0.931. The van der Waals surface area contributed by atoms with Crippen molar-refractivity contribution in [1.82, 2.24) is 0 Å². The molecule has 0 aliphatic carbocycles. The predicted octanol–water partition coefficient (Wildman–Crippen LogP) is 3.63. The van der Waals surface area contributed by atoms with Crippen LogP contribution in [-0.2, 0) is 5.11 Å². The Bertz CT molecular complexity index is 363. The maximum atomic E-state index is 11.8. The molecule has 0 spiro atoms. The van der Waals surface area contributed by atoms with Crippen molar-refractivity contribution in [3.05, 3.63) is 18.2 Å². The predicted molar refractivity (Wildman–Crippen MR) is 39.9 cm³/mol. The highest BCUT2D eigenvalue weighted by Crippen LogP contribution is 2.33. The molecule has 0 fully saturated rings. The van der Waals surface area contributed by atoms with Crippen molar-refractivity contribution in [1.29, 1.82) is 0 Å². The number of alkyl halides is 6. The third kappa shape index (κ3) is 5.18. The quantitative estimate of drug-likeness (QED) is 0.762. The van der Waals surface area contributed by atoms with E-state index in [0.29, 0.717) is 18.2 Å². The summed E-state index contributed by atoms with van der Waals surface area (Å²) in [5.74, 6) is -3.26. The zero-order chi connectivity index (χ0) is 13.3. The van der Waals surface area contributed by atoms with Crippen LogP contribution in [0.4, 0.5) is 26.3 Å². The summed E-state index contributed by atoms with van der Waals surface area (Å²) in [6, 6.07) is 1.08. The molecule has 3 nitrogen and oxygen atoms in total. The van der Waals surface area contributed by atoms with Crippen LogP contribution < -0.4 is 9.47 Å². The molecule has 0 atom stereocenters. The van der Waals surface area contributed by atoms with Gasteiger partial charge in [-0.25, -0.2) is 0 Å². The van der Waals surface area contributed by atoms with Gasteiger partial charge >= 0.3 is 12.7 Å². The van der Waals surface area contributed by atoms with Crippen LogP contribution in [0.25, 0.3) is 0 Å². The van der Waals surface area contributed by atoms with Crippen LogP contribution in [-0.4, -0.2) is 12.7 Å². The molecule has 0 N–H and O–H groups in total. The van der Waals surface area contributed by atoms with Gasteiger partial charge in [-0.2, -0.15) is 0 Å². The summed E-state index contributed by atoms with van der Waals surface area (Å²) in [4.78, 5) is 0. The normalized spacial score (nSPS) is 12.4. The number of benzene rings is 1.